The maximum atomic E-state index is 9.38. The summed E-state index contributed by atoms with van der Waals surface area (Å²) in [5.74, 6) is 0.766. The van der Waals surface area contributed by atoms with Crippen molar-refractivity contribution in [1.29, 1.82) is 5.26 Å². The Labute approximate surface area is 204 Å². The summed E-state index contributed by atoms with van der Waals surface area (Å²) < 4.78 is 0. The summed E-state index contributed by atoms with van der Waals surface area (Å²) >= 11 is 0. The van der Waals surface area contributed by atoms with Gasteiger partial charge in [0, 0.05) is 48.4 Å². The number of likely N-dealkylation sites (N-methyl/N-ethyl adjacent to an activating group) is 1. The molecule has 180 valence electrons. The number of aromatic nitrogens is 2. The van der Waals surface area contributed by atoms with Crippen LogP contribution in [0.3, 0.4) is 0 Å². The number of aryl methyl sites for hydroxylation is 1. The molecule has 1 saturated heterocycles. The third-order valence-corrected chi connectivity index (χ3v) is 6.78. The van der Waals surface area contributed by atoms with E-state index in [4.69, 9.17) is 0 Å². The van der Waals surface area contributed by atoms with Gasteiger partial charge in [0.15, 0.2) is 5.82 Å². The molecule has 6 heteroatoms. The van der Waals surface area contributed by atoms with Gasteiger partial charge in [-0.3, -0.25) is 4.90 Å². The van der Waals surface area contributed by atoms with Crippen molar-refractivity contribution in [3.05, 3.63) is 62.8 Å². The average Bonchev–Trinajstić information content (AvgIpc) is 2.84. The molecule has 1 aromatic carbocycles. The van der Waals surface area contributed by atoms with E-state index in [1.54, 1.807) is 0 Å². The Morgan fingerprint density at radius 2 is 2.00 bits per heavy atom. The van der Waals surface area contributed by atoms with Gasteiger partial charge >= 0.3 is 0 Å². The quantitative estimate of drug-likeness (QED) is 0.685. The van der Waals surface area contributed by atoms with Crippen LogP contribution in [0, 0.1) is 25.2 Å². The molecule has 2 aromatic rings. The highest BCUT2D eigenvalue weighted by Gasteiger charge is 2.23. The minimum absolute atomic E-state index is 0.523. The van der Waals surface area contributed by atoms with E-state index in [-0.39, 0.29) is 0 Å². The Hall–Kier alpha value is -3.17. The number of anilines is 1. The topological polar surface area (TPSA) is 68.1 Å². The number of rotatable bonds is 7. The lowest BCUT2D eigenvalue weighted by molar-refractivity contribution is 0.113. The highest BCUT2D eigenvalue weighted by Crippen LogP contribution is 2.17. The molecule has 0 bridgehead atoms. The summed E-state index contributed by atoms with van der Waals surface area (Å²) in [4.78, 5) is 5.04. The van der Waals surface area contributed by atoms with Gasteiger partial charge in [-0.2, -0.15) is 10.4 Å². The highest BCUT2D eigenvalue weighted by atomic mass is 15.3. The van der Waals surface area contributed by atoms with Gasteiger partial charge < -0.3 is 10.2 Å². The lowest BCUT2D eigenvalue weighted by atomic mass is 10.0. The number of piperazine rings is 1. The maximum absolute atomic E-state index is 9.38. The van der Waals surface area contributed by atoms with E-state index >= 15 is 0 Å². The molecule has 3 rings (SSSR count). The first-order valence-electron chi connectivity index (χ1n) is 12.4. The Morgan fingerprint density at radius 3 is 2.65 bits per heavy atom. The van der Waals surface area contributed by atoms with E-state index in [1.807, 2.05) is 26.0 Å². The molecule has 1 N–H and O–H groups in total. The fraction of sp³-hybridized carbons (Fsp3) is 0.464. The molecule has 0 radical (unpaired) electrons. The van der Waals surface area contributed by atoms with Crippen molar-refractivity contribution in [3.8, 4) is 6.07 Å². The molecule has 0 spiro atoms. The molecular weight excluding hydrogens is 420 g/mol. The minimum Gasteiger partial charge on any atom is -0.369 e. The first-order chi connectivity index (χ1) is 16.4. The molecule has 6 nitrogen and oxygen atoms in total. The van der Waals surface area contributed by atoms with Gasteiger partial charge in [0.25, 0.3) is 0 Å². The van der Waals surface area contributed by atoms with Crippen molar-refractivity contribution in [2.45, 2.75) is 60.5 Å². The lowest BCUT2D eigenvalue weighted by Gasteiger charge is -2.41. The van der Waals surface area contributed by atoms with E-state index in [0.29, 0.717) is 18.2 Å². The summed E-state index contributed by atoms with van der Waals surface area (Å²) in [6, 6.07) is 8.64. The van der Waals surface area contributed by atoms with Gasteiger partial charge in [-0.05, 0) is 63.9 Å². The molecular formula is C28H38N6. The summed E-state index contributed by atoms with van der Waals surface area (Å²) in [5.41, 5.74) is 4.95. The fourth-order valence-electron chi connectivity index (χ4n) is 4.71. The Bertz CT molecular complexity index is 1190. The summed E-state index contributed by atoms with van der Waals surface area (Å²) in [7, 11) is 0. The van der Waals surface area contributed by atoms with Crippen LogP contribution in [0.4, 0.5) is 5.82 Å². The first-order valence-corrected chi connectivity index (χ1v) is 12.4. The van der Waals surface area contributed by atoms with Gasteiger partial charge in [-0.1, -0.05) is 38.1 Å². The maximum Gasteiger partial charge on any atom is 0.156 e. The molecule has 1 aliphatic heterocycles. The molecule has 1 fully saturated rings. The Balaban J connectivity index is 2.02. The number of nitrogens with one attached hydrogen (secondary N) is 1. The molecule has 1 atom stereocenters. The molecule has 1 unspecified atom stereocenters. The number of nitrogens with zero attached hydrogens (tertiary/aromatic N) is 5. The zero-order chi connectivity index (χ0) is 24.7. The monoisotopic (exact) mass is 458 g/mol. The Kier molecular flexibility index (Phi) is 8.84. The van der Waals surface area contributed by atoms with Gasteiger partial charge in [-0.25, -0.2) is 0 Å². The number of hydrogen-bond donors (Lipinski definition) is 1. The van der Waals surface area contributed by atoms with Crippen molar-refractivity contribution in [1.82, 2.24) is 20.0 Å². The molecule has 0 aliphatic carbocycles. The number of benzene rings is 1. The average molecular weight is 459 g/mol. The second-order valence-corrected chi connectivity index (χ2v) is 8.91. The number of allylic oxidation sites excluding steroid dienone is 2. The zero-order valence-electron chi connectivity index (χ0n) is 21.5. The van der Waals surface area contributed by atoms with Crippen molar-refractivity contribution < 1.29 is 0 Å². The van der Waals surface area contributed by atoms with Crippen molar-refractivity contribution in [2.75, 3.05) is 31.5 Å². The second-order valence-electron chi connectivity index (χ2n) is 8.91. The van der Waals surface area contributed by atoms with Gasteiger partial charge in [0.2, 0.25) is 0 Å². The van der Waals surface area contributed by atoms with Crippen LogP contribution in [0.1, 0.15) is 56.5 Å². The SMILES string of the molecule is C/C=c1/c(C)nnc(NCc2cccc(C#N)c2C)/c1=C/C(=C/CC)N1CCN(CC)C(C)C1. The zero-order valence-corrected chi connectivity index (χ0v) is 21.5. The fourth-order valence-corrected chi connectivity index (χ4v) is 4.71. The van der Waals surface area contributed by atoms with Crippen LogP contribution >= 0.6 is 0 Å². The largest absolute Gasteiger partial charge is 0.369 e. The smallest absolute Gasteiger partial charge is 0.156 e. The molecule has 34 heavy (non-hydrogen) atoms. The third-order valence-electron chi connectivity index (χ3n) is 6.78. The number of hydrogen-bond acceptors (Lipinski definition) is 6. The standard InChI is InChI=1S/C28H38N6/c1-7-11-25(34-15-14-33(9-3)20(4)19-34)16-27-26(8-2)22(6)31-32-28(27)30-18-24-13-10-12-23(17-29)21(24)5/h8,10-13,16,20H,7,9,14-15,18-19H2,1-6H3,(H,30,32)/b25-11-,26-8-,27-16+. The number of nitriles is 1. The van der Waals surface area contributed by atoms with Crippen LogP contribution in [-0.4, -0.2) is 52.2 Å². The van der Waals surface area contributed by atoms with Crippen LogP contribution in [0.5, 0.6) is 0 Å². The highest BCUT2D eigenvalue weighted by molar-refractivity contribution is 5.55. The van der Waals surface area contributed by atoms with Crippen molar-refractivity contribution in [2.24, 2.45) is 0 Å². The first kappa shape index (κ1) is 25.5. The van der Waals surface area contributed by atoms with Crippen LogP contribution < -0.4 is 15.8 Å². The minimum atomic E-state index is 0.523. The van der Waals surface area contributed by atoms with E-state index in [9.17, 15) is 5.26 Å². The van der Waals surface area contributed by atoms with E-state index in [1.165, 1.54) is 5.70 Å². The Morgan fingerprint density at radius 1 is 1.21 bits per heavy atom. The van der Waals surface area contributed by atoms with Gasteiger partial charge in [-0.15, -0.1) is 5.10 Å². The molecule has 1 aliphatic rings. The predicted octanol–water partition coefficient (Wildman–Crippen LogP) is 3.48. The van der Waals surface area contributed by atoms with Crippen molar-refractivity contribution >= 4 is 18.0 Å². The van der Waals surface area contributed by atoms with E-state index in [2.05, 4.69) is 83.4 Å². The van der Waals surface area contributed by atoms with Crippen LogP contribution in [0.2, 0.25) is 0 Å². The molecule has 0 saturated carbocycles. The van der Waals surface area contributed by atoms with Crippen LogP contribution in [0.15, 0.2) is 30.0 Å². The normalized spacial score (nSPS) is 18.3. The molecule has 2 heterocycles. The summed E-state index contributed by atoms with van der Waals surface area (Å²) in [5, 5.41) is 24.0. The molecule has 1 aromatic heterocycles. The van der Waals surface area contributed by atoms with E-state index < -0.39 is 0 Å². The van der Waals surface area contributed by atoms with Gasteiger partial charge in [0.05, 0.1) is 17.3 Å². The predicted molar refractivity (Wildman–Crippen MR) is 140 cm³/mol. The van der Waals surface area contributed by atoms with Crippen LogP contribution in [-0.2, 0) is 6.54 Å². The van der Waals surface area contributed by atoms with Crippen molar-refractivity contribution in [3.63, 3.8) is 0 Å². The molecule has 0 amide bonds. The lowest BCUT2D eigenvalue weighted by Crippen LogP contribution is -2.51. The third kappa shape index (κ3) is 5.66. The van der Waals surface area contributed by atoms with Crippen LogP contribution in [0.25, 0.3) is 12.2 Å². The second kappa shape index (κ2) is 11.8. The van der Waals surface area contributed by atoms with E-state index in [0.717, 1.165) is 65.7 Å². The summed E-state index contributed by atoms with van der Waals surface area (Å²) in [6.45, 7) is 17.6. The van der Waals surface area contributed by atoms with Gasteiger partial charge in [0.1, 0.15) is 0 Å². The summed E-state index contributed by atoms with van der Waals surface area (Å²) in [6.07, 6.45) is 7.67.